The molecule has 1 fully saturated rings. The van der Waals surface area contributed by atoms with Gasteiger partial charge < -0.3 is 10.5 Å². The SMILES string of the molecule is CC=C(SCCCN1CCOCC1)C(N)=O. The summed E-state index contributed by atoms with van der Waals surface area (Å²) in [6.07, 6.45) is 2.86. The molecule has 0 atom stereocenters. The fourth-order valence-electron chi connectivity index (χ4n) is 1.59. The zero-order valence-electron chi connectivity index (χ0n) is 9.78. The Bertz CT molecular complexity index is 250. The largest absolute Gasteiger partial charge is 0.379 e. The van der Waals surface area contributed by atoms with E-state index in [0.29, 0.717) is 4.91 Å². The third kappa shape index (κ3) is 5.01. The molecule has 0 saturated carbocycles. The molecule has 1 heterocycles. The van der Waals surface area contributed by atoms with Gasteiger partial charge in [-0.3, -0.25) is 9.69 Å². The van der Waals surface area contributed by atoms with Crippen LogP contribution in [0.15, 0.2) is 11.0 Å². The van der Waals surface area contributed by atoms with Crippen LogP contribution in [0.1, 0.15) is 13.3 Å². The van der Waals surface area contributed by atoms with Crippen molar-refractivity contribution in [1.82, 2.24) is 4.90 Å². The minimum atomic E-state index is -0.320. The van der Waals surface area contributed by atoms with Gasteiger partial charge in [0.25, 0.3) is 5.91 Å². The number of carbonyl (C=O) groups excluding carboxylic acids is 1. The summed E-state index contributed by atoms with van der Waals surface area (Å²) in [6, 6.07) is 0. The van der Waals surface area contributed by atoms with Crippen molar-refractivity contribution in [3.63, 3.8) is 0 Å². The normalized spacial score (nSPS) is 18.7. The molecule has 0 aliphatic carbocycles. The lowest BCUT2D eigenvalue weighted by Gasteiger charge is -2.26. The third-order valence-corrected chi connectivity index (χ3v) is 3.73. The highest BCUT2D eigenvalue weighted by Crippen LogP contribution is 2.16. The van der Waals surface area contributed by atoms with Crippen molar-refractivity contribution in [2.24, 2.45) is 5.73 Å². The first-order valence-electron chi connectivity index (χ1n) is 5.63. The first kappa shape index (κ1) is 13.5. The van der Waals surface area contributed by atoms with Crippen LogP contribution in [0.2, 0.25) is 0 Å². The highest BCUT2D eigenvalue weighted by molar-refractivity contribution is 8.03. The predicted octanol–water partition coefficient (Wildman–Crippen LogP) is 0.831. The van der Waals surface area contributed by atoms with Crippen LogP contribution >= 0.6 is 11.8 Å². The molecule has 4 nitrogen and oxygen atoms in total. The molecule has 92 valence electrons. The topological polar surface area (TPSA) is 55.6 Å². The molecule has 0 aromatic heterocycles. The summed E-state index contributed by atoms with van der Waals surface area (Å²) < 4.78 is 5.28. The Morgan fingerprint density at radius 2 is 2.19 bits per heavy atom. The van der Waals surface area contributed by atoms with Crippen LogP contribution in [-0.4, -0.2) is 49.4 Å². The van der Waals surface area contributed by atoms with Crippen LogP contribution in [0.4, 0.5) is 0 Å². The van der Waals surface area contributed by atoms with E-state index in [4.69, 9.17) is 10.5 Å². The van der Waals surface area contributed by atoms with E-state index in [2.05, 4.69) is 4.90 Å². The van der Waals surface area contributed by atoms with Gasteiger partial charge in [0, 0.05) is 13.1 Å². The molecule has 0 aromatic rings. The number of morpholine rings is 1. The zero-order valence-corrected chi connectivity index (χ0v) is 10.6. The van der Waals surface area contributed by atoms with Crippen LogP contribution in [0.3, 0.4) is 0 Å². The van der Waals surface area contributed by atoms with E-state index in [1.54, 1.807) is 17.8 Å². The van der Waals surface area contributed by atoms with E-state index in [1.807, 2.05) is 6.92 Å². The molecule has 0 aromatic carbocycles. The van der Waals surface area contributed by atoms with Gasteiger partial charge in [-0.2, -0.15) is 0 Å². The number of ether oxygens (including phenoxy) is 1. The maximum atomic E-state index is 10.9. The molecular weight excluding hydrogens is 224 g/mol. The van der Waals surface area contributed by atoms with E-state index >= 15 is 0 Å². The van der Waals surface area contributed by atoms with Crippen LogP contribution in [0.5, 0.6) is 0 Å². The van der Waals surface area contributed by atoms with Crippen molar-refractivity contribution in [1.29, 1.82) is 0 Å². The second-order valence-corrected chi connectivity index (χ2v) is 4.81. The summed E-state index contributed by atoms with van der Waals surface area (Å²) in [4.78, 5) is 14.0. The summed E-state index contributed by atoms with van der Waals surface area (Å²) in [6.45, 7) is 6.65. The highest BCUT2D eigenvalue weighted by atomic mass is 32.2. The van der Waals surface area contributed by atoms with Crippen molar-refractivity contribution >= 4 is 17.7 Å². The molecule has 1 amide bonds. The maximum absolute atomic E-state index is 10.9. The van der Waals surface area contributed by atoms with Crippen molar-refractivity contribution < 1.29 is 9.53 Å². The van der Waals surface area contributed by atoms with Gasteiger partial charge in [-0.1, -0.05) is 6.08 Å². The minimum Gasteiger partial charge on any atom is -0.379 e. The Balaban J connectivity index is 2.08. The number of hydrogen-bond donors (Lipinski definition) is 1. The number of nitrogens with zero attached hydrogens (tertiary/aromatic N) is 1. The summed E-state index contributed by atoms with van der Waals surface area (Å²) in [5, 5.41) is 0. The van der Waals surface area contributed by atoms with Crippen molar-refractivity contribution in [3.8, 4) is 0 Å². The Kier molecular flexibility index (Phi) is 6.52. The van der Waals surface area contributed by atoms with Gasteiger partial charge in [0.05, 0.1) is 18.1 Å². The molecular formula is C11H20N2O2S. The number of nitrogens with two attached hydrogens (primary N) is 1. The van der Waals surface area contributed by atoms with Gasteiger partial charge in [0.2, 0.25) is 0 Å². The maximum Gasteiger partial charge on any atom is 0.254 e. The molecule has 1 rings (SSSR count). The predicted molar refractivity (Wildman–Crippen MR) is 67.3 cm³/mol. The third-order valence-electron chi connectivity index (χ3n) is 2.48. The van der Waals surface area contributed by atoms with Crippen LogP contribution < -0.4 is 5.73 Å². The fraction of sp³-hybridized carbons (Fsp3) is 0.727. The Morgan fingerprint density at radius 3 is 2.75 bits per heavy atom. The van der Waals surface area contributed by atoms with Crippen molar-refractivity contribution in [2.45, 2.75) is 13.3 Å². The second-order valence-electron chi connectivity index (χ2n) is 3.67. The number of carbonyl (C=O) groups is 1. The fourth-order valence-corrected chi connectivity index (χ4v) is 2.39. The molecule has 1 aliphatic rings. The average Bonchev–Trinajstić information content (AvgIpc) is 2.30. The van der Waals surface area contributed by atoms with Gasteiger partial charge in [-0.15, -0.1) is 11.8 Å². The molecule has 0 radical (unpaired) electrons. The minimum absolute atomic E-state index is 0.320. The smallest absolute Gasteiger partial charge is 0.254 e. The van der Waals surface area contributed by atoms with Gasteiger partial charge in [0.15, 0.2) is 0 Å². The van der Waals surface area contributed by atoms with E-state index in [-0.39, 0.29) is 5.91 Å². The van der Waals surface area contributed by atoms with Crippen LogP contribution in [0.25, 0.3) is 0 Å². The number of thioether (sulfide) groups is 1. The molecule has 0 spiro atoms. The lowest BCUT2D eigenvalue weighted by molar-refractivity contribution is -0.113. The molecule has 1 saturated heterocycles. The van der Waals surface area contributed by atoms with Crippen molar-refractivity contribution in [3.05, 3.63) is 11.0 Å². The highest BCUT2D eigenvalue weighted by Gasteiger charge is 2.10. The summed E-state index contributed by atoms with van der Waals surface area (Å²) in [7, 11) is 0. The monoisotopic (exact) mass is 244 g/mol. The van der Waals surface area contributed by atoms with E-state index in [9.17, 15) is 4.79 Å². The standard InChI is InChI=1S/C11H20N2O2S/c1-2-10(11(12)14)16-9-3-4-13-5-7-15-8-6-13/h2H,3-9H2,1H3,(H2,12,14). The number of amides is 1. The Labute approximate surface area is 101 Å². The Hall–Kier alpha value is -0.520. The van der Waals surface area contributed by atoms with E-state index < -0.39 is 0 Å². The van der Waals surface area contributed by atoms with Crippen LogP contribution in [0, 0.1) is 0 Å². The molecule has 0 unspecified atom stereocenters. The van der Waals surface area contributed by atoms with Gasteiger partial charge in [0.1, 0.15) is 0 Å². The summed E-state index contributed by atoms with van der Waals surface area (Å²) >= 11 is 1.55. The van der Waals surface area contributed by atoms with Crippen LogP contribution in [-0.2, 0) is 9.53 Å². The Morgan fingerprint density at radius 1 is 1.50 bits per heavy atom. The average molecular weight is 244 g/mol. The molecule has 2 N–H and O–H groups in total. The first-order valence-corrected chi connectivity index (χ1v) is 6.61. The van der Waals surface area contributed by atoms with E-state index in [1.165, 1.54) is 0 Å². The summed E-state index contributed by atoms with van der Waals surface area (Å²) in [5.74, 6) is 0.624. The first-order chi connectivity index (χ1) is 7.74. The summed E-state index contributed by atoms with van der Waals surface area (Å²) in [5.41, 5.74) is 5.22. The van der Waals surface area contributed by atoms with E-state index in [0.717, 1.165) is 45.0 Å². The zero-order chi connectivity index (χ0) is 11.8. The van der Waals surface area contributed by atoms with Gasteiger partial charge >= 0.3 is 0 Å². The molecule has 1 aliphatic heterocycles. The number of rotatable bonds is 6. The lowest BCUT2D eigenvalue weighted by atomic mass is 10.4. The quantitative estimate of drug-likeness (QED) is 0.555. The molecule has 0 bridgehead atoms. The number of primary amides is 1. The molecule has 16 heavy (non-hydrogen) atoms. The lowest BCUT2D eigenvalue weighted by Crippen LogP contribution is -2.37. The number of hydrogen-bond acceptors (Lipinski definition) is 4. The van der Waals surface area contributed by atoms with Gasteiger partial charge in [-0.05, 0) is 25.6 Å². The number of allylic oxidation sites excluding steroid dienone is 1. The second kappa shape index (κ2) is 7.70. The molecule has 5 heteroatoms. The van der Waals surface area contributed by atoms with Crippen molar-refractivity contribution in [2.75, 3.05) is 38.6 Å². The van der Waals surface area contributed by atoms with Gasteiger partial charge in [-0.25, -0.2) is 0 Å².